The number of halogens is 2. The molecule has 0 heterocycles. The van der Waals surface area contributed by atoms with Crippen molar-refractivity contribution in [3.63, 3.8) is 0 Å². The Morgan fingerprint density at radius 1 is 1.08 bits per heavy atom. The van der Waals surface area contributed by atoms with E-state index in [1.165, 1.54) is 6.92 Å². The molecule has 0 saturated heterocycles. The highest BCUT2D eigenvalue weighted by molar-refractivity contribution is 5.31. The summed E-state index contributed by atoms with van der Waals surface area (Å²) in [6.07, 6.45) is 0. The highest BCUT2D eigenvalue weighted by atomic mass is 19.2. The van der Waals surface area contributed by atoms with Crippen LogP contribution in [-0.4, -0.2) is 0 Å². The van der Waals surface area contributed by atoms with Gasteiger partial charge in [-0.3, -0.25) is 0 Å². The Kier molecular flexibility index (Phi) is 7.39. The molecule has 0 amide bonds. The molecular weight excluding hydrogens is 160 g/mol. The van der Waals surface area contributed by atoms with Gasteiger partial charge in [0.1, 0.15) is 0 Å². The van der Waals surface area contributed by atoms with Crippen LogP contribution in [0.3, 0.4) is 0 Å². The molecule has 0 rings (SSSR count). The topological polar surface area (TPSA) is 26.0 Å². The predicted molar refractivity (Wildman–Crippen MR) is 48.7 cm³/mol. The molecule has 0 radical (unpaired) electrons. The molecular formula is C9H15F2N. The van der Waals surface area contributed by atoms with Crippen LogP contribution in [0.15, 0.2) is 36.1 Å². The Morgan fingerprint density at radius 3 is 1.50 bits per heavy atom. The van der Waals surface area contributed by atoms with E-state index in [9.17, 15) is 8.78 Å². The molecule has 0 aliphatic carbocycles. The second-order valence-corrected chi connectivity index (χ2v) is 1.93. The zero-order valence-corrected chi connectivity index (χ0v) is 7.75. The summed E-state index contributed by atoms with van der Waals surface area (Å²) >= 11 is 0. The summed E-state index contributed by atoms with van der Waals surface area (Å²) in [7, 11) is 0. The highest BCUT2D eigenvalue weighted by Crippen LogP contribution is 2.18. The maximum absolute atomic E-state index is 12.4. The first-order chi connectivity index (χ1) is 5.46. The second-order valence-electron chi connectivity index (χ2n) is 1.93. The highest BCUT2D eigenvalue weighted by Gasteiger charge is 2.06. The van der Waals surface area contributed by atoms with Gasteiger partial charge in [-0.25, -0.2) is 8.78 Å². The van der Waals surface area contributed by atoms with Gasteiger partial charge in [-0.15, -0.1) is 0 Å². The maximum atomic E-state index is 12.4. The average Bonchev–Trinajstić information content (AvgIpc) is 2.05. The van der Waals surface area contributed by atoms with Gasteiger partial charge in [0, 0.05) is 0 Å². The largest absolute Gasteiger partial charge is 0.397 e. The number of allylic oxidation sites excluding steroid dienone is 3. The van der Waals surface area contributed by atoms with Crippen LogP contribution in [0.2, 0.25) is 0 Å². The Bertz CT molecular complexity index is 183. The molecule has 0 aromatic heterocycles. The normalized spacial score (nSPS) is 10.8. The quantitative estimate of drug-likeness (QED) is 0.641. The summed E-state index contributed by atoms with van der Waals surface area (Å²) in [5.41, 5.74) is 4.45. The van der Waals surface area contributed by atoms with Crippen LogP contribution < -0.4 is 5.73 Å². The molecule has 0 spiro atoms. The van der Waals surface area contributed by atoms with E-state index in [-0.39, 0.29) is 5.57 Å². The third kappa shape index (κ3) is 4.66. The van der Waals surface area contributed by atoms with Crippen molar-refractivity contribution in [2.75, 3.05) is 0 Å². The number of hydrogen-bond donors (Lipinski definition) is 1. The number of nitrogens with two attached hydrogens (primary N) is 1. The Hall–Kier alpha value is -1.12. The van der Waals surface area contributed by atoms with E-state index in [0.29, 0.717) is 0 Å². The lowest BCUT2D eigenvalue weighted by Crippen LogP contribution is -1.97. The van der Waals surface area contributed by atoms with Crippen molar-refractivity contribution in [2.24, 2.45) is 5.73 Å². The van der Waals surface area contributed by atoms with E-state index in [1.807, 2.05) is 13.8 Å². The molecule has 3 heteroatoms. The lowest BCUT2D eigenvalue weighted by Gasteiger charge is -1.97. The summed E-state index contributed by atoms with van der Waals surface area (Å²) in [5.74, 6) is -2.17. The molecule has 0 fully saturated rings. The minimum absolute atomic E-state index is 0.00380. The van der Waals surface area contributed by atoms with Gasteiger partial charge in [-0.2, -0.15) is 0 Å². The third-order valence-electron chi connectivity index (χ3n) is 0.849. The van der Waals surface area contributed by atoms with Crippen molar-refractivity contribution in [3.8, 4) is 0 Å². The fraction of sp³-hybridized carbons (Fsp3) is 0.333. The molecule has 0 aromatic rings. The fourth-order valence-corrected chi connectivity index (χ4v) is 0.328. The zero-order valence-electron chi connectivity index (χ0n) is 7.75. The van der Waals surface area contributed by atoms with Gasteiger partial charge in [0.2, 0.25) is 0 Å². The summed E-state index contributed by atoms with van der Waals surface area (Å²) in [4.78, 5) is 0. The smallest absolute Gasteiger partial charge is 0.181 e. The molecule has 12 heavy (non-hydrogen) atoms. The molecule has 1 nitrogen and oxygen atoms in total. The van der Waals surface area contributed by atoms with E-state index in [2.05, 4.69) is 13.2 Å². The van der Waals surface area contributed by atoms with Gasteiger partial charge in [0.25, 0.3) is 0 Å². The van der Waals surface area contributed by atoms with Gasteiger partial charge in [-0.05, 0) is 12.5 Å². The van der Waals surface area contributed by atoms with E-state index in [1.54, 1.807) is 0 Å². The number of hydrogen-bond acceptors (Lipinski definition) is 1. The van der Waals surface area contributed by atoms with Crippen LogP contribution in [0.25, 0.3) is 0 Å². The van der Waals surface area contributed by atoms with E-state index in [4.69, 9.17) is 5.73 Å². The lowest BCUT2D eigenvalue weighted by atomic mass is 10.2. The molecule has 0 aliphatic rings. The van der Waals surface area contributed by atoms with Crippen molar-refractivity contribution in [1.82, 2.24) is 0 Å². The molecule has 2 N–H and O–H groups in total. The summed E-state index contributed by atoms with van der Waals surface area (Å²) < 4.78 is 24.8. The fourth-order valence-electron chi connectivity index (χ4n) is 0.328. The first kappa shape index (κ1) is 13.5. The van der Waals surface area contributed by atoms with Crippen molar-refractivity contribution in [1.29, 1.82) is 0 Å². The summed E-state index contributed by atoms with van der Waals surface area (Å²) in [6.45, 7) is 11.6. The lowest BCUT2D eigenvalue weighted by molar-refractivity contribution is 0.554. The van der Waals surface area contributed by atoms with Crippen molar-refractivity contribution < 1.29 is 8.78 Å². The van der Waals surface area contributed by atoms with Crippen LogP contribution in [0.4, 0.5) is 8.78 Å². The zero-order chi connectivity index (χ0) is 10.3. The molecule has 70 valence electrons. The van der Waals surface area contributed by atoms with Crippen LogP contribution in [-0.2, 0) is 0 Å². The molecule has 0 atom stereocenters. The summed E-state index contributed by atoms with van der Waals surface area (Å²) in [6, 6.07) is 0. The van der Waals surface area contributed by atoms with Crippen molar-refractivity contribution in [2.45, 2.75) is 20.8 Å². The van der Waals surface area contributed by atoms with Crippen LogP contribution in [0, 0.1) is 0 Å². The molecule has 0 aliphatic heterocycles. The molecule has 0 unspecified atom stereocenters. The van der Waals surface area contributed by atoms with Crippen molar-refractivity contribution in [3.05, 3.63) is 36.1 Å². The first-order valence-corrected chi connectivity index (χ1v) is 3.62. The molecule has 0 saturated carbocycles. The minimum Gasteiger partial charge on any atom is -0.397 e. The van der Waals surface area contributed by atoms with E-state index < -0.39 is 17.4 Å². The van der Waals surface area contributed by atoms with Crippen LogP contribution in [0.1, 0.15) is 20.8 Å². The van der Waals surface area contributed by atoms with Gasteiger partial charge in [-0.1, -0.05) is 27.0 Å². The monoisotopic (exact) mass is 175 g/mol. The SMILES string of the molecule is C=C(C)/C(F)=C(/F)C(=C)N.CC. The second kappa shape index (κ2) is 6.58. The number of rotatable bonds is 2. The Labute approximate surface area is 72.3 Å². The van der Waals surface area contributed by atoms with E-state index >= 15 is 0 Å². The maximum Gasteiger partial charge on any atom is 0.181 e. The third-order valence-corrected chi connectivity index (χ3v) is 0.849. The Balaban J connectivity index is 0. The minimum atomic E-state index is -1.13. The summed E-state index contributed by atoms with van der Waals surface area (Å²) in [5, 5.41) is 0. The van der Waals surface area contributed by atoms with Crippen LogP contribution in [0.5, 0.6) is 0 Å². The Morgan fingerprint density at radius 2 is 1.42 bits per heavy atom. The van der Waals surface area contributed by atoms with E-state index in [0.717, 1.165) is 0 Å². The standard InChI is InChI=1S/C7H9F2N.C2H6/c1-4(2)6(8)7(9)5(3)10;1-2/h1,3,10H2,2H3;1-2H3/b7-6-;. The predicted octanol–water partition coefficient (Wildman–Crippen LogP) is 3.21. The molecule has 0 aromatic carbocycles. The van der Waals surface area contributed by atoms with Gasteiger partial charge in [0.15, 0.2) is 11.7 Å². The van der Waals surface area contributed by atoms with Gasteiger partial charge >= 0.3 is 0 Å². The molecule has 0 bridgehead atoms. The van der Waals surface area contributed by atoms with Crippen LogP contribution >= 0.6 is 0 Å². The van der Waals surface area contributed by atoms with Gasteiger partial charge < -0.3 is 5.73 Å². The van der Waals surface area contributed by atoms with Crippen molar-refractivity contribution >= 4 is 0 Å². The van der Waals surface area contributed by atoms with Gasteiger partial charge in [0.05, 0.1) is 5.70 Å². The first-order valence-electron chi connectivity index (χ1n) is 3.62. The average molecular weight is 175 g/mol.